The molecule has 2 rings (SSSR count). The molecule has 1 aliphatic carbocycles. The van der Waals surface area contributed by atoms with Crippen LogP contribution in [0.2, 0.25) is 0 Å². The van der Waals surface area contributed by atoms with Gasteiger partial charge in [0.25, 0.3) is 0 Å². The standard InChI is InChI=1S/C16H24N2O/c17-12-14-8-4-5-9-15(14)16(19)18-11-10-13-6-2-1-3-7-13/h1-3,6-7,14-15H,4-5,8-12,17H2,(H,18,19). The molecule has 0 aliphatic heterocycles. The second kappa shape index (κ2) is 7.29. The third-order valence-electron chi connectivity index (χ3n) is 4.10. The lowest BCUT2D eigenvalue weighted by atomic mass is 9.79. The fourth-order valence-electron chi connectivity index (χ4n) is 2.94. The van der Waals surface area contributed by atoms with Gasteiger partial charge in [0, 0.05) is 12.5 Å². The summed E-state index contributed by atoms with van der Waals surface area (Å²) in [5.74, 6) is 0.714. The molecule has 1 amide bonds. The molecule has 0 bridgehead atoms. The Morgan fingerprint density at radius 3 is 2.68 bits per heavy atom. The van der Waals surface area contributed by atoms with Crippen LogP contribution in [0.15, 0.2) is 30.3 Å². The molecule has 0 spiro atoms. The van der Waals surface area contributed by atoms with Crippen LogP contribution >= 0.6 is 0 Å². The fraction of sp³-hybridized carbons (Fsp3) is 0.562. The van der Waals surface area contributed by atoms with Crippen molar-refractivity contribution in [2.24, 2.45) is 17.6 Å². The average Bonchev–Trinajstić information content (AvgIpc) is 2.48. The van der Waals surface area contributed by atoms with E-state index in [1.165, 1.54) is 12.0 Å². The number of nitrogens with two attached hydrogens (primary N) is 1. The van der Waals surface area contributed by atoms with Gasteiger partial charge in [0.2, 0.25) is 5.91 Å². The summed E-state index contributed by atoms with van der Waals surface area (Å²) in [7, 11) is 0. The maximum Gasteiger partial charge on any atom is 0.223 e. The molecule has 1 aliphatic rings. The van der Waals surface area contributed by atoms with Gasteiger partial charge in [-0.2, -0.15) is 0 Å². The first-order chi connectivity index (χ1) is 9.31. The van der Waals surface area contributed by atoms with Crippen molar-refractivity contribution in [1.29, 1.82) is 0 Å². The minimum absolute atomic E-state index is 0.134. The predicted octanol–water partition coefficient (Wildman–Crippen LogP) is 2.11. The normalized spacial score (nSPS) is 23.0. The zero-order valence-corrected chi connectivity index (χ0v) is 11.5. The molecule has 0 saturated heterocycles. The van der Waals surface area contributed by atoms with Crippen LogP contribution in [0, 0.1) is 11.8 Å². The summed E-state index contributed by atoms with van der Waals surface area (Å²) in [6.45, 7) is 1.35. The second-order valence-corrected chi connectivity index (χ2v) is 5.41. The number of carbonyl (C=O) groups is 1. The Morgan fingerprint density at radius 1 is 1.21 bits per heavy atom. The van der Waals surface area contributed by atoms with E-state index in [1.54, 1.807) is 0 Å². The number of amides is 1. The van der Waals surface area contributed by atoms with E-state index in [4.69, 9.17) is 5.73 Å². The minimum atomic E-state index is 0.134. The summed E-state index contributed by atoms with van der Waals surface area (Å²) in [5, 5.41) is 3.07. The number of hydrogen-bond acceptors (Lipinski definition) is 2. The number of nitrogens with one attached hydrogen (secondary N) is 1. The maximum absolute atomic E-state index is 12.2. The first kappa shape index (κ1) is 14.1. The first-order valence-electron chi connectivity index (χ1n) is 7.33. The third-order valence-corrected chi connectivity index (χ3v) is 4.10. The SMILES string of the molecule is NCC1CCCCC1C(=O)NCCc1ccccc1. The van der Waals surface area contributed by atoms with Crippen LogP contribution in [0.3, 0.4) is 0 Å². The van der Waals surface area contributed by atoms with Crippen molar-refractivity contribution in [3.8, 4) is 0 Å². The lowest BCUT2D eigenvalue weighted by molar-refractivity contribution is -0.127. The summed E-state index contributed by atoms with van der Waals surface area (Å²) in [4.78, 5) is 12.2. The van der Waals surface area contributed by atoms with Gasteiger partial charge in [-0.3, -0.25) is 4.79 Å². The van der Waals surface area contributed by atoms with E-state index in [0.29, 0.717) is 12.5 Å². The molecular formula is C16H24N2O. The largest absolute Gasteiger partial charge is 0.356 e. The van der Waals surface area contributed by atoms with Crippen LogP contribution in [0.5, 0.6) is 0 Å². The molecule has 1 aromatic rings. The van der Waals surface area contributed by atoms with Crippen LogP contribution in [-0.4, -0.2) is 19.0 Å². The predicted molar refractivity (Wildman–Crippen MR) is 77.7 cm³/mol. The Hall–Kier alpha value is -1.35. The number of benzene rings is 1. The lowest BCUT2D eigenvalue weighted by Gasteiger charge is -2.29. The molecule has 3 nitrogen and oxygen atoms in total. The van der Waals surface area contributed by atoms with Crippen molar-refractivity contribution in [3.05, 3.63) is 35.9 Å². The Labute approximate surface area is 115 Å². The van der Waals surface area contributed by atoms with Crippen molar-refractivity contribution in [2.75, 3.05) is 13.1 Å². The Morgan fingerprint density at radius 2 is 1.95 bits per heavy atom. The minimum Gasteiger partial charge on any atom is -0.356 e. The van der Waals surface area contributed by atoms with E-state index in [2.05, 4.69) is 17.4 Å². The molecule has 2 unspecified atom stereocenters. The number of hydrogen-bond donors (Lipinski definition) is 2. The van der Waals surface area contributed by atoms with Crippen LogP contribution in [0.1, 0.15) is 31.2 Å². The third kappa shape index (κ3) is 4.06. The monoisotopic (exact) mass is 260 g/mol. The fourth-order valence-corrected chi connectivity index (χ4v) is 2.94. The van der Waals surface area contributed by atoms with E-state index in [0.717, 1.165) is 32.2 Å². The van der Waals surface area contributed by atoms with Gasteiger partial charge < -0.3 is 11.1 Å². The van der Waals surface area contributed by atoms with Gasteiger partial charge in [-0.05, 0) is 37.3 Å². The van der Waals surface area contributed by atoms with E-state index in [-0.39, 0.29) is 11.8 Å². The van der Waals surface area contributed by atoms with Crippen LogP contribution in [0.4, 0.5) is 0 Å². The van der Waals surface area contributed by atoms with E-state index >= 15 is 0 Å². The number of carbonyl (C=O) groups excluding carboxylic acids is 1. The van der Waals surface area contributed by atoms with E-state index < -0.39 is 0 Å². The van der Waals surface area contributed by atoms with Crippen molar-refractivity contribution >= 4 is 5.91 Å². The molecule has 0 aromatic heterocycles. The Kier molecular flexibility index (Phi) is 5.40. The van der Waals surface area contributed by atoms with Crippen molar-refractivity contribution in [1.82, 2.24) is 5.32 Å². The van der Waals surface area contributed by atoms with Crippen molar-refractivity contribution in [2.45, 2.75) is 32.1 Å². The van der Waals surface area contributed by atoms with Crippen LogP contribution in [0.25, 0.3) is 0 Å². The van der Waals surface area contributed by atoms with Crippen molar-refractivity contribution in [3.63, 3.8) is 0 Å². The van der Waals surface area contributed by atoms with Gasteiger partial charge in [0.1, 0.15) is 0 Å². The summed E-state index contributed by atoms with van der Waals surface area (Å²) in [6, 6.07) is 10.3. The molecule has 1 saturated carbocycles. The van der Waals surface area contributed by atoms with Crippen LogP contribution < -0.4 is 11.1 Å². The summed E-state index contributed by atoms with van der Waals surface area (Å²) < 4.78 is 0. The van der Waals surface area contributed by atoms with Gasteiger partial charge in [-0.15, -0.1) is 0 Å². The molecule has 1 aromatic carbocycles. The first-order valence-corrected chi connectivity index (χ1v) is 7.33. The summed E-state index contributed by atoms with van der Waals surface area (Å²) in [6.07, 6.45) is 5.38. The quantitative estimate of drug-likeness (QED) is 0.852. The smallest absolute Gasteiger partial charge is 0.223 e. The lowest BCUT2D eigenvalue weighted by Crippen LogP contribution is -2.40. The molecule has 0 radical (unpaired) electrons. The van der Waals surface area contributed by atoms with Gasteiger partial charge >= 0.3 is 0 Å². The van der Waals surface area contributed by atoms with Gasteiger partial charge in [-0.25, -0.2) is 0 Å². The van der Waals surface area contributed by atoms with E-state index in [1.807, 2.05) is 18.2 Å². The zero-order valence-electron chi connectivity index (χ0n) is 11.5. The molecule has 2 atom stereocenters. The van der Waals surface area contributed by atoms with Gasteiger partial charge in [0.15, 0.2) is 0 Å². The Bertz CT molecular complexity index is 391. The van der Waals surface area contributed by atoms with E-state index in [9.17, 15) is 4.79 Å². The summed E-state index contributed by atoms with van der Waals surface area (Å²) >= 11 is 0. The Balaban J connectivity index is 1.77. The highest BCUT2D eigenvalue weighted by Crippen LogP contribution is 2.29. The van der Waals surface area contributed by atoms with Gasteiger partial charge in [-0.1, -0.05) is 43.2 Å². The molecule has 3 heteroatoms. The maximum atomic E-state index is 12.2. The molecule has 0 heterocycles. The highest BCUT2D eigenvalue weighted by Gasteiger charge is 2.29. The summed E-state index contributed by atoms with van der Waals surface area (Å²) in [5.41, 5.74) is 7.04. The average molecular weight is 260 g/mol. The molecule has 1 fully saturated rings. The highest BCUT2D eigenvalue weighted by molar-refractivity contribution is 5.79. The molecule has 3 N–H and O–H groups in total. The highest BCUT2D eigenvalue weighted by atomic mass is 16.1. The van der Waals surface area contributed by atoms with Crippen molar-refractivity contribution < 1.29 is 4.79 Å². The van der Waals surface area contributed by atoms with Crippen LogP contribution in [-0.2, 0) is 11.2 Å². The van der Waals surface area contributed by atoms with Gasteiger partial charge in [0.05, 0.1) is 0 Å². The molecule has 104 valence electrons. The topological polar surface area (TPSA) is 55.1 Å². The number of rotatable bonds is 5. The molecule has 19 heavy (non-hydrogen) atoms. The molecular weight excluding hydrogens is 236 g/mol. The second-order valence-electron chi connectivity index (χ2n) is 5.41. The zero-order chi connectivity index (χ0) is 13.5.